The molecule has 2 aliphatic rings. The fourth-order valence-electron chi connectivity index (χ4n) is 2.35. The molecule has 3 unspecified atom stereocenters. The summed E-state index contributed by atoms with van der Waals surface area (Å²) in [5.74, 6) is 0.610. The molecule has 0 amide bonds. The zero-order valence-electron chi connectivity index (χ0n) is 9.52. The number of ether oxygens (including phenoxy) is 2. The molecule has 2 aliphatic heterocycles. The van der Waals surface area contributed by atoms with Crippen LogP contribution in [-0.4, -0.2) is 50.1 Å². The summed E-state index contributed by atoms with van der Waals surface area (Å²) in [5.41, 5.74) is 6.00. The van der Waals surface area contributed by atoms with Crippen LogP contribution in [0.4, 0.5) is 0 Å². The monoisotopic (exact) mass is 214 g/mol. The molecule has 0 bridgehead atoms. The standard InChI is InChI=1S/C11H22N2O2/c1-9-6-13(4-2-11(9)12)7-10-3-5-14-8-15-10/h9-11H,2-8,12H2,1H3. The number of rotatable bonds is 2. The summed E-state index contributed by atoms with van der Waals surface area (Å²) in [6.07, 6.45) is 2.50. The van der Waals surface area contributed by atoms with E-state index in [1.165, 1.54) is 0 Å². The van der Waals surface area contributed by atoms with Crippen LogP contribution in [0.2, 0.25) is 0 Å². The Morgan fingerprint density at radius 1 is 1.40 bits per heavy atom. The highest BCUT2D eigenvalue weighted by Gasteiger charge is 2.25. The van der Waals surface area contributed by atoms with Gasteiger partial charge in [-0.15, -0.1) is 0 Å². The van der Waals surface area contributed by atoms with Crippen LogP contribution in [0.25, 0.3) is 0 Å². The number of nitrogens with zero attached hydrogens (tertiary/aromatic N) is 1. The van der Waals surface area contributed by atoms with Crippen molar-refractivity contribution < 1.29 is 9.47 Å². The molecule has 0 saturated carbocycles. The highest BCUT2D eigenvalue weighted by atomic mass is 16.7. The van der Waals surface area contributed by atoms with Crippen LogP contribution in [0.1, 0.15) is 19.8 Å². The van der Waals surface area contributed by atoms with Crippen molar-refractivity contribution in [3.63, 3.8) is 0 Å². The molecular weight excluding hydrogens is 192 g/mol. The quantitative estimate of drug-likeness (QED) is 0.723. The van der Waals surface area contributed by atoms with E-state index in [9.17, 15) is 0 Å². The summed E-state index contributed by atoms with van der Waals surface area (Å²) in [6, 6.07) is 0.386. The Hall–Kier alpha value is -0.160. The summed E-state index contributed by atoms with van der Waals surface area (Å²) in [5, 5.41) is 0. The highest BCUT2D eigenvalue weighted by molar-refractivity contribution is 4.81. The highest BCUT2D eigenvalue weighted by Crippen LogP contribution is 2.17. The summed E-state index contributed by atoms with van der Waals surface area (Å²) in [7, 11) is 0. The summed E-state index contributed by atoms with van der Waals surface area (Å²) in [4.78, 5) is 2.48. The molecule has 0 aliphatic carbocycles. The minimum Gasteiger partial charge on any atom is -0.355 e. The molecule has 0 aromatic heterocycles. The summed E-state index contributed by atoms with van der Waals surface area (Å²) >= 11 is 0. The summed E-state index contributed by atoms with van der Waals surface area (Å²) < 4.78 is 10.7. The van der Waals surface area contributed by atoms with Gasteiger partial charge in [-0.3, -0.25) is 0 Å². The average molecular weight is 214 g/mol. The van der Waals surface area contributed by atoms with Gasteiger partial charge in [-0.25, -0.2) is 0 Å². The topological polar surface area (TPSA) is 47.7 Å². The largest absolute Gasteiger partial charge is 0.355 e. The zero-order valence-corrected chi connectivity index (χ0v) is 9.52. The lowest BCUT2D eigenvalue weighted by Gasteiger charge is -2.37. The SMILES string of the molecule is CC1CN(CC2CCOCO2)CCC1N. The third-order valence-corrected chi connectivity index (χ3v) is 3.49. The lowest BCUT2D eigenvalue weighted by atomic mass is 9.94. The van der Waals surface area contributed by atoms with Gasteiger partial charge in [0.05, 0.1) is 12.7 Å². The molecule has 4 heteroatoms. The van der Waals surface area contributed by atoms with Crippen molar-refractivity contribution >= 4 is 0 Å². The molecular formula is C11H22N2O2. The molecule has 0 aromatic rings. The molecule has 0 aromatic carbocycles. The zero-order chi connectivity index (χ0) is 10.7. The molecule has 4 nitrogen and oxygen atoms in total. The molecule has 2 N–H and O–H groups in total. The van der Waals surface area contributed by atoms with Crippen LogP contribution in [0.5, 0.6) is 0 Å². The normalized spacial score (nSPS) is 39.2. The van der Waals surface area contributed by atoms with E-state index >= 15 is 0 Å². The van der Waals surface area contributed by atoms with E-state index in [1.54, 1.807) is 0 Å². The van der Waals surface area contributed by atoms with Gasteiger partial charge >= 0.3 is 0 Å². The molecule has 2 fully saturated rings. The fraction of sp³-hybridized carbons (Fsp3) is 1.00. The van der Waals surface area contributed by atoms with Gasteiger partial charge in [0.1, 0.15) is 6.79 Å². The minimum absolute atomic E-state index is 0.361. The molecule has 2 heterocycles. The Morgan fingerprint density at radius 2 is 2.27 bits per heavy atom. The Morgan fingerprint density at radius 3 is 2.93 bits per heavy atom. The Labute approximate surface area is 91.7 Å². The first-order valence-corrected chi connectivity index (χ1v) is 5.93. The number of likely N-dealkylation sites (tertiary alicyclic amines) is 1. The maximum Gasteiger partial charge on any atom is 0.147 e. The third-order valence-electron chi connectivity index (χ3n) is 3.49. The Kier molecular flexibility index (Phi) is 3.97. The van der Waals surface area contributed by atoms with Crippen LogP contribution in [-0.2, 0) is 9.47 Å². The van der Waals surface area contributed by atoms with Gasteiger partial charge in [-0.2, -0.15) is 0 Å². The van der Waals surface area contributed by atoms with Gasteiger partial charge in [-0.05, 0) is 25.3 Å². The number of piperidine rings is 1. The molecule has 2 rings (SSSR count). The van der Waals surface area contributed by atoms with Crippen molar-refractivity contribution in [2.24, 2.45) is 11.7 Å². The van der Waals surface area contributed by atoms with Crippen LogP contribution in [0.15, 0.2) is 0 Å². The smallest absolute Gasteiger partial charge is 0.147 e. The minimum atomic E-state index is 0.361. The van der Waals surface area contributed by atoms with Crippen molar-refractivity contribution in [2.75, 3.05) is 33.0 Å². The van der Waals surface area contributed by atoms with Crippen molar-refractivity contribution in [2.45, 2.75) is 31.9 Å². The molecule has 3 atom stereocenters. The van der Waals surface area contributed by atoms with Crippen molar-refractivity contribution in [3.05, 3.63) is 0 Å². The average Bonchev–Trinajstić information content (AvgIpc) is 2.25. The first-order valence-electron chi connectivity index (χ1n) is 5.93. The summed E-state index contributed by atoms with van der Waals surface area (Å²) in [6.45, 7) is 6.82. The van der Waals surface area contributed by atoms with Crippen LogP contribution in [0, 0.1) is 5.92 Å². The third kappa shape index (κ3) is 3.14. The Balaban J connectivity index is 1.74. The molecule has 88 valence electrons. The first kappa shape index (κ1) is 11.3. The predicted molar refractivity (Wildman–Crippen MR) is 58.5 cm³/mol. The maximum absolute atomic E-state index is 6.00. The second-order valence-corrected chi connectivity index (χ2v) is 4.79. The second-order valence-electron chi connectivity index (χ2n) is 4.79. The van der Waals surface area contributed by atoms with Gasteiger partial charge in [0, 0.05) is 19.1 Å². The van der Waals surface area contributed by atoms with Crippen molar-refractivity contribution in [3.8, 4) is 0 Å². The van der Waals surface area contributed by atoms with E-state index in [0.717, 1.165) is 39.1 Å². The predicted octanol–water partition coefficient (Wildman–Crippen LogP) is 0.419. The maximum atomic E-state index is 6.00. The molecule has 2 saturated heterocycles. The first-order chi connectivity index (χ1) is 7.25. The second kappa shape index (κ2) is 5.25. The van der Waals surface area contributed by atoms with Gasteiger partial charge in [0.15, 0.2) is 0 Å². The van der Waals surface area contributed by atoms with Crippen LogP contribution in [0.3, 0.4) is 0 Å². The van der Waals surface area contributed by atoms with E-state index < -0.39 is 0 Å². The number of hydrogen-bond acceptors (Lipinski definition) is 4. The number of hydrogen-bond donors (Lipinski definition) is 1. The van der Waals surface area contributed by atoms with Crippen LogP contribution < -0.4 is 5.73 Å². The fourth-order valence-corrected chi connectivity index (χ4v) is 2.35. The lowest BCUT2D eigenvalue weighted by molar-refractivity contribution is -0.145. The van der Waals surface area contributed by atoms with E-state index in [2.05, 4.69) is 11.8 Å². The lowest BCUT2D eigenvalue weighted by Crippen LogP contribution is -2.48. The molecule has 15 heavy (non-hydrogen) atoms. The van der Waals surface area contributed by atoms with E-state index in [4.69, 9.17) is 15.2 Å². The van der Waals surface area contributed by atoms with E-state index in [0.29, 0.717) is 24.9 Å². The van der Waals surface area contributed by atoms with Gasteiger partial charge in [-0.1, -0.05) is 6.92 Å². The van der Waals surface area contributed by atoms with Crippen LogP contribution >= 0.6 is 0 Å². The van der Waals surface area contributed by atoms with Gasteiger partial charge in [0.2, 0.25) is 0 Å². The Bertz CT molecular complexity index is 195. The molecule has 0 spiro atoms. The van der Waals surface area contributed by atoms with Gasteiger partial charge < -0.3 is 20.1 Å². The van der Waals surface area contributed by atoms with Crippen molar-refractivity contribution in [1.82, 2.24) is 4.90 Å². The number of nitrogens with two attached hydrogens (primary N) is 1. The van der Waals surface area contributed by atoms with Crippen molar-refractivity contribution in [1.29, 1.82) is 0 Å². The van der Waals surface area contributed by atoms with E-state index in [1.807, 2.05) is 0 Å². The van der Waals surface area contributed by atoms with Gasteiger partial charge in [0.25, 0.3) is 0 Å². The molecule has 0 radical (unpaired) electrons. The van der Waals surface area contributed by atoms with E-state index in [-0.39, 0.29) is 0 Å².